The fourth-order valence-electron chi connectivity index (χ4n) is 12.8. The van der Waals surface area contributed by atoms with Gasteiger partial charge in [0.25, 0.3) is 0 Å². The molecule has 0 aliphatic rings. The summed E-state index contributed by atoms with van der Waals surface area (Å²) in [5, 5.41) is 11.7. The molecule has 0 aliphatic heterocycles. The lowest BCUT2D eigenvalue weighted by Gasteiger charge is -2.16. The summed E-state index contributed by atoms with van der Waals surface area (Å²) in [6.45, 7) is 0. The summed E-state index contributed by atoms with van der Waals surface area (Å²) in [4.78, 5) is 20.7. The van der Waals surface area contributed by atoms with Crippen molar-refractivity contribution in [2.24, 2.45) is 0 Å². The van der Waals surface area contributed by atoms with Gasteiger partial charge in [-0.15, -0.1) is 0 Å². The van der Waals surface area contributed by atoms with Gasteiger partial charge in [0.1, 0.15) is 0 Å². The molecule has 0 N–H and O–H groups in total. The molecule has 0 atom stereocenters. The van der Waals surface area contributed by atoms with Gasteiger partial charge in [0.15, 0.2) is 0 Å². The van der Waals surface area contributed by atoms with Crippen molar-refractivity contribution < 1.29 is 0 Å². The average Bonchev–Trinajstić information content (AvgIpc) is 1.18. The summed E-state index contributed by atoms with van der Waals surface area (Å²) < 4.78 is 0. The van der Waals surface area contributed by atoms with E-state index in [9.17, 15) is 0 Å². The number of rotatable bonds is 8. The summed E-state index contributed by atoms with van der Waals surface area (Å²) >= 11 is 0. The maximum Gasteiger partial charge on any atom is 0.0794 e. The summed E-state index contributed by atoms with van der Waals surface area (Å²) in [7, 11) is 0. The van der Waals surface area contributed by atoms with Crippen molar-refractivity contribution >= 4 is 75.9 Å². The molecule has 4 heteroatoms. The Balaban J connectivity index is 0.000000142. The second-order valence-corrected chi connectivity index (χ2v) is 22.4. The third kappa shape index (κ3) is 9.56. The van der Waals surface area contributed by atoms with Crippen molar-refractivity contribution in [1.29, 1.82) is 0 Å². The molecular weight excluding hydrogens is 1060 g/mol. The Morgan fingerprint density at radius 1 is 0.170 bits per heavy atom. The Hall–Kier alpha value is -11.7. The number of hydrogen-bond donors (Lipinski definition) is 0. The zero-order valence-electron chi connectivity index (χ0n) is 48.0. The average molecular weight is 1120 g/mol. The van der Waals surface area contributed by atoms with E-state index in [2.05, 4.69) is 315 Å². The van der Waals surface area contributed by atoms with E-state index in [0.717, 1.165) is 99.4 Å². The molecule has 0 radical (unpaired) electrons. The molecule has 0 spiro atoms. The van der Waals surface area contributed by atoms with Crippen molar-refractivity contribution in [2.45, 2.75) is 0 Å². The van der Waals surface area contributed by atoms with E-state index in [4.69, 9.17) is 19.9 Å². The SMILES string of the molecule is c1ccc(-c2cc3c(-c4ccccc4)cc(-c4ccc(-c5ccc6ccccc6n5)cc4)nc3c3ccccc23)cc1.c1ccc(-c2cc3c(-c4ccccc4)cc(-c4ccc(-c5nc6ccccc6c6ccccc56)cc4)nc3c3ccccc23)cc1. The molecule has 13 aromatic carbocycles. The standard InChI is InChI=1S/C44H28N2.C40H26N2/c1-3-13-29(14-4-1)38-27-40-39(30-15-5-2-6-16-30)28-42(46-44(40)37-21-10-8-18-34(37)38)31-23-25-32(26-24-31)43-36-20-9-7-17-33(36)35-19-11-12-22-41(35)45-43;1-3-11-27(12-4-1)34-25-36-35(28-13-5-2-6-14-28)26-39(42-40(36)33-17-9-8-16-32(33)34)31-21-19-30(20-22-31)38-24-23-29-15-7-10-18-37(29)41-38/h1-28H;1-26H. The van der Waals surface area contributed by atoms with Gasteiger partial charge < -0.3 is 0 Å². The Labute approximate surface area is 510 Å². The number of benzene rings is 13. The number of pyridine rings is 4. The number of fused-ring (bicyclic) bond motifs is 10. The molecule has 17 aromatic rings. The van der Waals surface area contributed by atoms with Crippen LogP contribution in [0.2, 0.25) is 0 Å². The molecule has 0 bridgehead atoms. The molecule has 0 saturated heterocycles. The predicted octanol–water partition coefficient (Wildman–Crippen LogP) is 22.4. The van der Waals surface area contributed by atoms with Gasteiger partial charge in [-0.05, 0) is 103 Å². The lowest BCUT2D eigenvalue weighted by atomic mass is 9.91. The van der Waals surface area contributed by atoms with Crippen LogP contribution in [-0.2, 0) is 0 Å². The third-order valence-corrected chi connectivity index (χ3v) is 17.1. The van der Waals surface area contributed by atoms with Gasteiger partial charge in [-0.2, -0.15) is 0 Å². The molecular formula is C84H54N4. The van der Waals surface area contributed by atoms with E-state index in [1.54, 1.807) is 0 Å². The van der Waals surface area contributed by atoms with Crippen molar-refractivity contribution in [3.05, 3.63) is 328 Å². The van der Waals surface area contributed by atoms with Crippen LogP contribution in [-0.4, -0.2) is 19.9 Å². The summed E-state index contributed by atoms with van der Waals surface area (Å²) in [5.74, 6) is 0. The van der Waals surface area contributed by atoms with Crippen molar-refractivity contribution in [1.82, 2.24) is 19.9 Å². The van der Waals surface area contributed by atoms with Crippen molar-refractivity contribution in [3.63, 3.8) is 0 Å². The van der Waals surface area contributed by atoms with E-state index >= 15 is 0 Å². The van der Waals surface area contributed by atoms with Crippen LogP contribution in [0.5, 0.6) is 0 Å². The van der Waals surface area contributed by atoms with Gasteiger partial charge in [0.05, 0.1) is 44.8 Å². The zero-order chi connectivity index (χ0) is 58.3. The fraction of sp³-hybridized carbons (Fsp3) is 0. The van der Waals surface area contributed by atoms with Gasteiger partial charge in [-0.25, -0.2) is 19.9 Å². The first-order chi connectivity index (χ1) is 43.6. The molecule has 0 amide bonds. The van der Waals surface area contributed by atoms with Gasteiger partial charge in [-0.3, -0.25) is 0 Å². The molecule has 4 nitrogen and oxygen atoms in total. The van der Waals surface area contributed by atoms with E-state index in [0.29, 0.717) is 0 Å². The first kappa shape index (κ1) is 51.9. The second kappa shape index (κ2) is 22.4. The second-order valence-electron chi connectivity index (χ2n) is 22.4. The van der Waals surface area contributed by atoms with Crippen LogP contribution in [0.3, 0.4) is 0 Å². The normalized spacial score (nSPS) is 11.4. The maximum atomic E-state index is 5.37. The van der Waals surface area contributed by atoms with Crippen LogP contribution < -0.4 is 0 Å². The Kier molecular flexibility index (Phi) is 13.2. The van der Waals surface area contributed by atoms with Gasteiger partial charge >= 0.3 is 0 Å². The quantitative estimate of drug-likeness (QED) is 0.142. The van der Waals surface area contributed by atoms with E-state index in [-0.39, 0.29) is 0 Å². The van der Waals surface area contributed by atoms with Crippen LogP contribution >= 0.6 is 0 Å². The lowest BCUT2D eigenvalue weighted by molar-refractivity contribution is 1.38. The molecule has 17 rings (SSSR count). The highest BCUT2D eigenvalue weighted by atomic mass is 14.7. The lowest BCUT2D eigenvalue weighted by Crippen LogP contribution is -1.94. The highest BCUT2D eigenvalue weighted by molar-refractivity contribution is 6.18. The largest absolute Gasteiger partial charge is 0.248 e. The number of para-hydroxylation sites is 2. The highest BCUT2D eigenvalue weighted by Crippen LogP contribution is 2.43. The molecule has 410 valence electrons. The molecule has 0 fully saturated rings. The minimum atomic E-state index is 0.951. The van der Waals surface area contributed by atoms with Crippen LogP contribution in [0.25, 0.3) is 165 Å². The Morgan fingerprint density at radius 3 is 1.00 bits per heavy atom. The van der Waals surface area contributed by atoms with E-state index in [1.807, 2.05) is 12.1 Å². The molecule has 88 heavy (non-hydrogen) atoms. The minimum Gasteiger partial charge on any atom is -0.248 e. The summed E-state index contributed by atoms with van der Waals surface area (Å²) in [5.41, 5.74) is 21.8. The molecule has 0 saturated carbocycles. The van der Waals surface area contributed by atoms with Crippen LogP contribution in [0.4, 0.5) is 0 Å². The van der Waals surface area contributed by atoms with Gasteiger partial charge in [0, 0.05) is 60.0 Å². The number of hydrogen-bond acceptors (Lipinski definition) is 4. The molecule has 4 aromatic heterocycles. The third-order valence-electron chi connectivity index (χ3n) is 17.1. The molecule has 0 unspecified atom stereocenters. The van der Waals surface area contributed by atoms with E-state index in [1.165, 1.54) is 66.1 Å². The Morgan fingerprint density at radius 2 is 0.523 bits per heavy atom. The Bertz CT molecular complexity index is 5460. The number of nitrogens with zero attached hydrogens (tertiary/aromatic N) is 4. The first-order valence-electron chi connectivity index (χ1n) is 29.9. The highest BCUT2D eigenvalue weighted by Gasteiger charge is 2.19. The monoisotopic (exact) mass is 1120 g/mol. The minimum absolute atomic E-state index is 0.951. The zero-order valence-corrected chi connectivity index (χ0v) is 48.0. The summed E-state index contributed by atoms with van der Waals surface area (Å²) in [6.07, 6.45) is 0. The maximum absolute atomic E-state index is 5.37. The first-order valence-corrected chi connectivity index (χ1v) is 29.9. The van der Waals surface area contributed by atoms with Crippen molar-refractivity contribution in [2.75, 3.05) is 0 Å². The topological polar surface area (TPSA) is 51.6 Å². The molecule has 4 heterocycles. The van der Waals surface area contributed by atoms with Crippen LogP contribution in [0.15, 0.2) is 328 Å². The van der Waals surface area contributed by atoms with Crippen LogP contribution in [0, 0.1) is 0 Å². The summed E-state index contributed by atoms with van der Waals surface area (Å²) in [6, 6.07) is 116. The fourth-order valence-corrected chi connectivity index (χ4v) is 12.8. The van der Waals surface area contributed by atoms with Crippen molar-refractivity contribution in [3.8, 4) is 89.5 Å². The predicted molar refractivity (Wildman–Crippen MR) is 370 cm³/mol. The van der Waals surface area contributed by atoms with Gasteiger partial charge in [-0.1, -0.05) is 285 Å². The van der Waals surface area contributed by atoms with Gasteiger partial charge in [0.2, 0.25) is 0 Å². The smallest absolute Gasteiger partial charge is 0.0794 e. The van der Waals surface area contributed by atoms with E-state index < -0.39 is 0 Å². The van der Waals surface area contributed by atoms with Crippen LogP contribution in [0.1, 0.15) is 0 Å². The number of aromatic nitrogens is 4. The molecule has 0 aliphatic carbocycles.